The fourth-order valence-corrected chi connectivity index (χ4v) is 11.7. The molecule has 0 aromatic heterocycles. The molecule has 1 aliphatic rings. The van der Waals surface area contributed by atoms with E-state index in [1.807, 2.05) is 0 Å². The van der Waals surface area contributed by atoms with Gasteiger partial charge in [-0.1, -0.05) is 314 Å². The Labute approximate surface area is 511 Å². The summed E-state index contributed by atoms with van der Waals surface area (Å²) in [6.07, 6.45) is 66.8. The summed E-state index contributed by atoms with van der Waals surface area (Å²) >= 11 is 0. The summed E-state index contributed by atoms with van der Waals surface area (Å²) in [5, 5.41) is 76.4. The Morgan fingerprint density at radius 3 is 1.11 bits per heavy atom. The van der Waals surface area contributed by atoms with Crippen LogP contribution in [0.5, 0.6) is 0 Å². The molecule has 1 heterocycles. The van der Waals surface area contributed by atoms with E-state index in [2.05, 4.69) is 55.6 Å². The van der Waals surface area contributed by atoms with E-state index >= 15 is 0 Å². The van der Waals surface area contributed by atoms with E-state index in [1.54, 1.807) is 0 Å². The summed E-state index contributed by atoms with van der Waals surface area (Å²) in [5.74, 6) is -0.702. The van der Waals surface area contributed by atoms with Gasteiger partial charge in [-0.05, 0) is 70.6 Å². The van der Waals surface area contributed by atoms with E-state index in [4.69, 9.17) is 9.47 Å². The van der Waals surface area contributed by atoms with Gasteiger partial charge in [-0.2, -0.15) is 0 Å². The van der Waals surface area contributed by atoms with Gasteiger partial charge in [-0.3, -0.25) is 4.79 Å². The minimum absolute atomic E-state index is 0.255. The smallest absolute Gasteiger partial charge is 0.249 e. The molecule has 1 aliphatic heterocycles. The van der Waals surface area contributed by atoms with E-state index in [9.17, 15) is 40.5 Å². The topological polar surface area (TPSA) is 189 Å². The molecule has 11 nitrogen and oxygen atoms in total. The molecule has 0 radical (unpaired) electrons. The van der Waals surface area contributed by atoms with Crippen LogP contribution in [0.25, 0.3) is 0 Å². The second-order valence-electron chi connectivity index (χ2n) is 25.3. The van der Waals surface area contributed by atoms with Gasteiger partial charge in [0.05, 0.1) is 25.4 Å². The Kier molecular flexibility index (Phi) is 57.9. The number of aliphatic hydroxyl groups excluding tert-OH is 7. The largest absolute Gasteiger partial charge is 0.394 e. The first-order chi connectivity index (χ1) is 40.7. The van der Waals surface area contributed by atoms with Crippen molar-refractivity contribution >= 4 is 5.91 Å². The maximum absolute atomic E-state index is 13.2. The summed E-state index contributed by atoms with van der Waals surface area (Å²) in [6.45, 7) is 3.49. The van der Waals surface area contributed by atoms with Crippen molar-refractivity contribution < 1.29 is 50.0 Å². The van der Waals surface area contributed by atoms with Gasteiger partial charge in [0.2, 0.25) is 5.91 Å². The molecule has 0 saturated carbocycles. The van der Waals surface area contributed by atoms with Gasteiger partial charge in [0, 0.05) is 0 Å². The Bertz CT molecular complexity index is 1440. The number of carbonyl (C=O) groups is 1. The molecule has 0 aliphatic carbocycles. The Morgan fingerprint density at radius 1 is 0.422 bits per heavy atom. The van der Waals surface area contributed by atoms with Crippen molar-refractivity contribution in [2.24, 2.45) is 0 Å². The predicted molar refractivity (Wildman–Crippen MR) is 349 cm³/mol. The van der Waals surface area contributed by atoms with Crippen LogP contribution in [0.15, 0.2) is 36.5 Å². The third-order valence-corrected chi connectivity index (χ3v) is 17.4. The van der Waals surface area contributed by atoms with Crippen LogP contribution in [-0.2, 0) is 14.3 Å². The fraction of sp³-hybridized carbons (Fsp3) is 0.903. The quantitative estimate of drug-likeness (QED) is 0.0215. The van der Waals surface area contributed by atoms with E-state index in [-0.39, 0.29) is 12.8 Å². The minimum atomic E-state index is -1.67. The first kappa shape index (κ1) is 79.3. The molecule has 0 aromatic carbocycles. The highest BCUT2D eigenvalue weighted by atomic mass is 16.7. The molecule has 9 atom stereocenters. The molecule has 11 heteroatoms. The lowest BCUT2D eigenvalue weighted by molar-refractivity contribution is -0.303. The van der Waals surface area contributed by atoms with Crippen molar-refractivity contribution in [3.05, 3.63) is 36.5 Å². The molecule has 8 N–H and O–H groups in total. The normalized spacial score (nSPS) is 19.2. The van der Waals surface area contributed by atoms with Gasteiger partial charge in [-0.25, -0.2) is 0 Å². The summed E-state index contributed by atoms with van der Waals surface area (Å²) in [4.78, 5) is 13.2. The zero-order chi connectivity index (χ0) is 60.3. The molecule has 1 fully saturated rings. The average molecular weight is 1180 g/mol. The molecule has 0 aromatic rings. The van der Waals surface area contributed by atoms with Gasteiger partial charge >= 0.3 is 0 Å². The van der Waals surface area contributed by atoms with Crippen LogP contribution in [0.4, 0.5) is 0 Å². The van der Waals surface area contributed by atoms with E-state index in [0.717, 1.165) is 44.9 Å². The molecule has 0 spiro atoms. The molecule has 490 valence electrons. The number of carbonyl (C=O) groups excluding carboxylic acids is 1. The summed E-state index contributed by atoms with van der Waals surface area (Å²) < 4.78 is 11.2. The fourth-order valence-electron chi connectivity index (χ4n) is 11.7. The number of allylic oxidation sites excluding steroid dienone is 6. The van der Waals surface area contributed by atoms with E-state index in [1.165, 1.54) is 263 Å². The second kappa shape index (κ2) is 60.6. The number of unbranched alkanes of at least 4 members (excludes halogenated alkanes) is 45. The SMILES string of the molecule is CCCCCCCCCCCCCCC/C=C/CCCC(O)C(O)C(COC1OC(CO)C(O)C(O)C1O)NC(=O)C(O)CCCCCCCCCCCCCCCCCC/C=C\C/C=C\CCCCCCCCCCCCCCCCC. The van der Waals surface area contributed by atoms with Crippen LogP contribution in [0.2, 0.25) is 0 Å². The Hall–Kier alpha value is -1.67. The van der Waals surface area contributed by atoms with E-state index < -0.39 is 74.2 Å². The average Bonchev–Trinajstić information content (AvgIpc) is 3.65. The number of nitrogens with one attached hydrogen (secondary N) is 1. The monoisotopic (exact) mass is 1180 g/mol. The van der Waals surface area contributed by atoms with Crippen LogP contribution in [0, 0.1) is 0 Å². The first-order valence-electron chi connectivity index (χ1n) is 35.9. The minimum Gasteiger partial charge on any atom is -0.394 e. The van der Waals surface area contributed by atoms with Gasteiger partial charge in [0.1, 0.15) is 36.6 Å². The zero-order valence-electron chi connectivity index (χ0n) is 54.2. The van der Waals surface area contributed by atoms with Crippen LogP contribution >= 0.6 is 0 Å². The highest BCUT2D eigenvalue weighted by Gasteiger charge is 2.44. The van der Waals surface area contributed by atoms with Crippen LogP contribution in [-0.4, -0.2) is 110 Å². The molecule has 1 rings (SSSR count). The van der Waals surface area contributed by atoms with Gasteiger partial charge in [0.15, 0.2) is 6.29 Å². The molecular formula is C72H137NO10. The lowest BCUT2D eigenvalue weighted by atomic mass is 9.98. The molecular weight excluding hydrogens is 1040 g/mol. The molecule has 83 heavy (non-hydrogen) atoms. The summed E-state index contributed by atoms with van der Waals surface area (Å²) in [6, 6.07) is -1.19. The lowest BCUT2D eigenvalue weighted by Crippen LogP contribution is -2.60. The number of hydrogen-bond acceptors (Lipinski definition) is 10. The Morgan fingerprint density at radius 2 is 0.747 bits per heavy atom. The van der Waals surface area contributed by atoms with Crippen molar-refractivity contribution in [2.75, 3.05) is 13.2 Å². The zero-order valence-corrected chi connectivity index (χ0v) is 54.2. The number of hydrogen-bond donors (Lipinski definition) is 8. The van der Waals surface area contributed by atoms with Crippen molar-refractivity contribution in [1.29, 1.82) is 0 Å². The highest BCUT2D eigenvalue weighted by Crippen LogP contribution is 2.24. The summed E-state index contributed by atoms with van der Waals surface area (Å²) in [7, 11) is 0. The Balaban J connectivity index is 2.14. The molecule has 0 bridgehead atoms. The molecule has 1 saturated heterocycles. The second-order valence-corrected chi connectivity index (χ2v) is 25.3. The third kappa shape index (κ3) is 48.0. The van der Waals surface area contributed by atoms with Gasteiger partial charge in [0.25, 0.3) is 0 Å². The third-order valence-electron chi connectivity index (χ3n) is 17.4. The van der Waals surface area contributed by atoms with Crippen molar-refractivity contribution in [1.82, 2.24) is 5.32 Å². The van der Waals surface area contributed by atoms with Crippen LogP contribution < -0.4 is 5.32 Å². The molecule has 1 amide bonds. The number of amides is 1. The van der Waals surface area contributed by atoms with E-state index in [0.29, 0.717) is 12.8 Å². The first-order valence-corrected chi connectivity index (χ1v) is 35.9. The van der Waals surface area contributed by atoms with Gasteiger partial charge < -0.3 is 50.5 Å². The van der Waals surface area contributed by atoms with Crippen molar-refractivity contribution in [3.63, 3.8) is 0 Å². The molecule has 9 unspecified atom stereocenters. The van der Waals surface area contributed by atoms with Crippen LogP contribution in [0.3, 0.4) is 0 Å². The van der Waals surface area contributed by atoms with Crippen molar-refractivity contribution in [3.8, 4) is 0 Å². The maximum atomic E-state index is 13.2. The summed E-state index contributed by atoms with van der Waals surface area (Å²) in [5.41, 5.74) is 0. The standard InChI is InChI=1S/C72H137NO10/c1-3-5-7-9-11-13-15-17-19-21-23-24-25-26-27-28-29-30-31-32-33-34-35-36-37-38-39-40-41-42-44-46-48-50-52-54-56-58-60-65(76)71(81)73-63(62-82-72-70(80)69(79)68(78)66(61-74)83-72)67(77)64(75)59-57-55-53-51-49-47-45-43-22-20-18-16-14-12-10-8-6-4-2/h29-30,32-33,51,53,63-70,72,74-80H,3-28,31,34-50,52,54-62H2,1-2H3,(H,73,81)/b30-29-,33-32-,53-51+. The number of aliphatic hydroxyl groups is 7. The number of ether oxygens (including phenoxy) is 2. The van der Waals surface area contributed by atoms with Crippen molar-refractivity contribution in [2.45, 2.75) is 403 Å². The van der Waals surface area contributed by atoms with Crippen LogP contribution in [0.1, 0.15) is 348 Å². The predicted octanol–water partition coefficient (Wildman–Crippen LogP) is 17.4. The maximum Gasteiger partial charge on any atom is 0.249 e. The lowest BCUT2D eigenvalue weighted by Gasteiger charge is -2.40. The number of rotatable bonds is 63. The highest BCUT2D eigenvalue weighted by molar-refractivity contribution is 5.80. The van der Waals surface area contributed by atoms with Gasteiger partial charge in [-0.15, -0.1) is 0 Å².